The van der Waals surface area contributed by atoms with Crippen LogP contribution in [-0.4, -0.2) is 30.1 Å². The zero-order valence-corrected chi connectivity index (χ0v) is 17.0. The van der Waals surface area contributed by atoms with Gasteiger partial charge in [-0.1, -0.05) is 34.1 Å². The zero-order chi connectivity index (χ0) is 20.6. The van der Waals surface area contributed by atoms with Crippen molar-refractivity contribution in [1.82, 2.24) is 0 Å². The van der Waals surface area contributed by atoms with E-state index in [4.69, 9.17) is 9.47 Å². The molecule has 2 heterocycles. The van der Waals surface area contributed by atoms with Crippen molar-refractivity contribution in [3.05, 3.63) is 70.7 Å². The van der Waals surface area contributed by atoms with Gasteiger partial charge in [0.05, 0.1) is 12.1 Å². The molecule has 1 N–H and O–H groups in total. The Hall–Kier alpha value is -2.90. The molecule has 0 fully saturated rings. The van der Waals surface area contributed by atoms with E-state index in [2.05, 4.69) is 22.5 Å². The van der Waals surface area contributed by atoms with Gasteiger partial charge in [-0.25, -0.2) is 0 Å². The zero-order valence-electron chi connectivity index (χ0n) is 15.4. The lowest BCUT2D eigenvalue weighted by Crippen LogP contribution is -2.41. The molecule has 0 saturated heterocycles. The smallest absolute Gasteiger partial charge is 0.264 e. The highest BCUT2D eigenvalue weighted by Gasteiger charge is 2.50. The topological polar surface area (TPSA) is 76.1 Å². The van der Waals surface area contributed by atoms with Gasteiger partial charge in [0.2, 0.25) is 6.79 Å². The molecule has 2 aliphatic heterocycles. The second-order valence-electron chi connectivity index (χ2n) is 6.82. The average Bonchev–Trinajstić information content (AvgIpc) is 3.24. The summed E-state index contributed by atoms with van der Waals surface area (Å²) < 4.78 is 11.3. The number of aliphatic hydroxyl groups is 1. The van der Waals surface area contributed by atoms with Gasteiger partial charge in [0.15, 0.2) is 22.9 Å². The normalized spacial score (nSPS) is 19.7. The number of hydrogen-bond acceptors (Lipinski definition) is 5. The molecule has 0 radical (unpaired) electrons. The second-order valence-corrected chi connectivity index (χ2v) is 7.73. The maximum Gasteiger partial charge on any atom is 0.264 e. The predicted octanol–water partition coefficient (Wildman–Crippen LogP) is 3.57. The summed E-state index contributed by atoms with van der Waals surface area (Å²) in [6.45, 7) is 4.08. The molecule has 2 aromatic rings. The van der Waals surface area contributed by atoms with Gasteiger partial charge >= 0.3 is 0 Å². The van der Waals surface area contributed by atoms with Crippen LogP contribution in [0.15, 0.2) is 59.6 Å². The molecular formula is C22H18BrNO5. The van der Waals surface area contributed by atoms with E-state index in [-0.39, 0.29) is 25.5 Å². The monoisotopic (exact) mass is 455 g/mol. The van der Waals surface area contributed by atoms with Crippen molar-refractivity contribution in [2.75, 3.05) is 18.2 Å². The maximum absolute atomic E-state index is 12.9. The predicted molar refractivity (Wildman–Crippen MR) is 112 cm³/mol. The number of amides is 1. The standard InChI is InChI=1S/C22H18BrNO5/c1-2-9-24-18-7-5-15(23)11-17(18)22(27,21(24)26)12-16(25)6-3-14-4-8-19-20(10-14)29-13-28-19/h2-8,10-11,27H,1,9,12-13H2/b6-3-/t22-/m1/s1. The minimum absolute atomic E-state index is 0.173. The van der Waals surface area contributed by atoms with Crippen LogP contribution in [0.25, 0.3) is 6.08 Å². The van der Waals surface area contributed by atoms with Crippen LogP contribution in [0.1, 0.15) is 17.5 Å². The van der Waals surface area contributed by atoms with Crippen LogP contribution in [0, 0.1) is 0 Å². The van der Waals surface area contributed by atoms with Crippen LogP contribution in [0.5, 0.6) is 11.5 Å². The lowest BCUT2D eigenvalue weighted by Gasteiger charge is -2.21. The third kappa shape index (κ3) is 3.47. The summed E-state index contributed by atoms with van der Waals surface area (Å²) in [4.78, 5) is 27.0. The van der Waals surface area contributed by atoms with Gasteiger partial charge in [-0.3, -0.25) is 9.59 Å². The van der Waals surface area contributed by atoms with E-state index in [9.17, 15) is 14.7 Å². The Labute approximate surface area is 176 Å². The van der Waals surface area contributed by atoms with E-state index in [0.29, 0.717) is 27.2 Å². The Morgan fingerprint density at radius 1 is 1.24 bits per heavy atom. The number of rotatable bonds is 6. The fourth-order valence-electron chi connectivity index (χ4n) is 3.52. The summed E-state index contributed by atoms with van der Waals surface area (Å²) in [5.74, 6) is 0.368. The highest BCUT2D eigenvalue weighted by Crippen LogP contribution is 2.43. The van der Waals surface area contributed by atoms with Crippen molar-refractivity contribution in [3.63, 3.8) is 0 Å². The molecule has 148 valence electrons. The van der Waals surface area contributed by atoms with Crippen molar-refractivity contribution in [1.29, 1.82) is 0 Å². The van der Waals surface area contributed by atoms with Crippen molar-refractivity contribution < 1.29 is 24.2 Å². The van der Waals surface area contributed by atoms with Gasteiger partial charge < -0.3 is 19.5 Å². The number of allylic oxidation sites excluding steroid dienone is 1. The summed E-state index contributed by atoms with van der Waals surface area (Å²) in [5, 5.41) is 11.2. The van der Waals surface area contributed by atoms with Crippen LogP contribution in [0.2, 0.25) is 0 Å². The molecule has 0 spiro atoms. The van der Waals surface area contributed by atoms with Gasteiger partial charge in [0.25, 0.3) is 5.91 Å². The third-order valence-corrected chi connectivity index (χ3v) is 5.39. The van der Waals surface area contributed by atoms with Crippen LogP contribution in [-0.2, 0) is 15.2 Å². The Bertz CT molecular complexity index is 1050. The first-order chi connectivity index (χ1) is 13.9. The molecule has 0 unspecified atom stereocenters. The molecule has 29 heavy (non-hydrogen) atoms. The highest BCUT2D eigenvalue weighted by molar-refractivity contribution is 9.10. The minimum atomic E-state index is -1.92. The summed E-state index contributed by atoms with van der Waals surface area (Å²) >= 11 is 3.37. The summed E-state index contributed by atoms with van der Waals surface area (Å²) in [5.41, 5.74) is -0.182. The fourth-order valence-corrected chi connectivity index (χ4v) is 3.88. The molecular weight excluding hydrogens is 438 g/mol. The second kappa shape index (κ2) is 7.50. The molecule has 6 nitrogen and oxygen atoms in total. The van der Waals surface area contributed by atoms with Gasteiger partial charge in [-0.15, -0.1) is 6.58 Å². The van der Waals surface area contributed by atoms with Gasteiger partial charge in [-0.05, 0) is 42.0 Å². The lowest BCUT2D eigenvalue weighted by molar-refractivity contribution is -0.140. The Kier molecular flexibility index (Phi) is 5.02. The van der Waals surface area contributed by atoms with Crippen molar-refractivity contribution >= 4 is 39.4 Å². The largest absolute Gasteiger partial charge is 0.454 e. The van der Waals surface area contributed by atoms with Gasteiger partial charge in [0.1, 0.15) is 0 Å². The number of ether oxygens (including phenoxy) is 2. The number of nitrogens with zero attached hydrogens (tertiary/aromatic N) is 1. The molecule has 7 heteroatoms. The molecule has 1 amide bonds. The summed E-state index contributed by atoms with van der Waals surface area (Å²) in [6.07, 6.45) is 4.20. The first kappa shape index (κ1) is 19.4. The number of halogens is 1. The van der Waals surface area contributed by atoms with Crippen LogP contribution in [0.3, 0.4) is 0 Å². The number of benzene rings is 2. The Balaban J connectivity index is 1.58. The molecule has 1 atom stereocenters. The summed E-state index contributed by atoms with van der Waals surface area (Å²) in [7, 11) is 0. The lowest BCUT2D eigenvalue weighted by atomic mass is 9.89. The third-order valence-electron chi connectivity index (χ3n) is 4.89. The van der Waals surface area contributed by atoms with Crippen molar-refractivity contribution in [2.45, 2.75) is 12.0 Å². The van der Waals surface area contributed by atoms with Crippen LogP contribution >= 0.6 is 15.9 Å². The SMILES string of the molecule is C=CCN1C(=O)[C@@](O)(CC(=O)/C=C\c2ccc3c(c2)OCO3)c2cc(Br)ccc21. The number of hydrogen-bond donors (Lipinski definition) is 1. The van der Waals surface area contributed by atoms with Crippen LogP contribution < -0.4 is 14.4 Å². The number of carbonyl (C=O) groups is 2. The van der Waals surface area contributed by atoms with E-state index in [1.54, 1.807) is 48.6 Å². The minimum Gasteiger partial charge on any atom is -0.454 e. The number of anilines is 1. The molecule has 0 saturated carbocycles. The molecule has 2 aromatic carbocycles. The van der Waals surface area contributed by atoms with E-state index >= 15 is 0 Å². The van der Waals surface area contributed by atoms with Gasteiger partial charge in [-0.2, -0.15) is 0 Å². The van der Waals surface area contributed by atoms with E-state index in [1.807, 2.05) is 0 Å². The average molecular weight is 456 g/mol. The quantitative estimate of drug-likeness (QED) is 0.532. The van der Waals surface area contributed by atoms with E-state index in [0.717, 1.165) is 5.56 Å². The molecule has 0 aliphatic carbocycles. The number of ketones is 1. The Morgan fingerprint density at radius 3 is 2.83 bits per heavy atom. The fraction of sp³-hybridized carbons (Fsp3) is 0.182. The van der Waals surface area contributed by atoms with Crippen molar-refractivity contribution in [3.8, 4) is 11.5 Å². The van der Waals surface area contributed by atoms with Crippen LogP contribution in [0.4, 0.5) is 5.69 Å². The Morgan fingerprint density at radius 2 is 2.03 bits per heavy atom. The van der Waals surface area contributed by atoms with Crippen molar-refractivity contribution in [2.24, 2.45) is 0 Å². The van der Waals surface area contributed by atoms with E-state index in [1.165, 1.54) is 11.0 Å². The van der Waals surface area contributed by atoms with Gasteiger partial charge in [0, 0.05) is 16.6 Å². The molecule has 0 bridgehead atoms. The number of carbonyl (C=O) groups excluding carboxylic acids is 2. The highest BCUT2D eigenvalue weighted by atomic mass is 79.9. The maximum atomic E-state index is 12.9. The van der Waals surface area contributed by atoms with E-state index < -0.39 is 11.5 Å². The summed E-state index contributed by atoms with van der Waals surface area (Å²) in [6, 6.07) is 10.5. The molecule has 0 aromatic heterocycles. The molecule has 4 rings (SSSR count). The first-order valence-electron chi connectivity index (χ1n) is 8.98. The molecule has 2 aliphatic rings. The first-order valence-corrected chi connectivity index (χ1v) is 9.77. The number of fused-ring (bicyclic) bond motifs is 2.